The molecule has 1 aliphatic heterocycles. The van der Waals surface area contributed by atoms with Crippen molar-refractivity contribution in [2.45, 2.75) is 51.2 Å². The van der Waals surface area contributed by atoms with Gasteiger partial charge in [0.15, 0.2) is 0 Å². The Balaban J connectivity index is 1.47. The van der Waals surface area contributed by atoms with E-state index in [9.17, 15) is 19.2 Å². The van der Waals surface area contributed by atoms with Gasteiger partial charge in [-0.1, -0.05) is 43.2 Å². The summed E-state index contributed by atoms with van der Waals surface area (Å²) in [5.41, 5.74) is 0.844. The first-order valence-electron chi connectivity index (χ1n) is 10.3. The number of likely N-dealkylation sites (tertiary alicyclic amines) is 1. The Hall–Kier alpha value is -2.94. The van der Waals surface area contributed by atoms with Crippen LogP contribution in [0.15, 0.2) is 30.3 Å². The van der Waals surface area contributed by atoms with Gasteiger partial charge in [-0.2, -0.15) is 0 Å². The highest BCUT2D eigenvalue weighted by molar-refractivity contribution is 6.00. The lowest BCUT2D eigenvalue weighted by molar-refractivity contribution is -0.141. The number of nitrogens with one attached hydrogen (secondary N) is 1. The lowest BCUT2D eigenvalue weighted by atomic mass is 10.1. The Morgan fingerprint density at radius 3 is 2.47 bits per heavy atom. The second-order valence-corrected chi connectivity index (χ2v) is 7.75. The van der Waals surface area contributed by atoms with Gasteiger partial charge in [0.25, 0.3) is 0 Å². The highest BCUT2D eigenvalue weighted by Crippen LogP contribution is 2.25. The summed E-state index contributed by atoms with van der Waals surface area (Å²) >= 11 is 0. The molecule has 30 heavy (non-hydrogen) atoms. The van der Waals surface area contributed by atoms with Gasteiger partial charge in [0.05, 0.1) is 0 Å². The minimum atomic E-state index is -0.783. The minimum Gasteiger partial charge on any atom is -0.445 e. The third-order valence-electron chi connectivity index (χ3n) is 5.56. The second-order valence-electron chi connectivity index (χ2n) is 7.75. The molecule has 0 aromatic heterocycles. The molecule has 1 atom stereocenters. The SMILES string of the molecule is NN(CC(=O)NC(=O)[C@@H]1CCCN1C(=O)OCc1ccccc1)C(=O)C1CCCC1. The second kappa shape index (κ2) is 10.2. The van der Waals surface area contributed by atoms with Gasteiger partial charge in [0.1, 0.15) is 19.2 Å². The number of benzene rings is 1. The van der Waals surface area contributed by atoms with Gasteiger partial charge in [0, 0.05) is 12.5 Å². The van der Waals surface area contributed by atoms with Crippen LogP contribution in [-0.2, 0) is 25.7 Å². The van der Waals surface area contributed by atoms with E-state index in [0.717, 1.165) is 36.3 Å². The average Bonchev–Trinajstić information content (AvgIpc) is 3.44. The van der Waals surface area contributed by atoms with Crippen molar-refractivity contribution in [3.8, 4) is 0 Å². The average molecular weight is 416 g/mol. The quantitative estimate of drug-likeness (QED) is 0.410. The van der Waals surface area contributed by atoms with Crippen LogP contribution in [0.1, 0.15) is 44.1 Å². The predicted octanol–water partition coefficient (Wildman–Crippen LogP) is 1.32. The maximum absolute atomic E-state index is 12.5. The molecular weight excluding hydrogens is 388 g/mol. The summed E-state index contributed by atoms with van der Waals surface area (Å²) in [5.74, 6) is 4.04. The summed E-state index contributed by atoms with van der Waals surface area (Å²) < 4.78 is 5.30. The first-order valence-corrected chi connectivity index (χ1v) is 10.3. The van der Waals surface area contributed by atoms with Gasteiger partial charge in [-0.3, -0.25) is 29.6 Å². The molecule has 0 radical (unpaired) electrons. The van der Waals surface area contributed by atoms with E-state index in [0.29, 0.717) is 19.4 Å². The number of nitrogens with two attached hydrogens (primary N) is 1. The van der Waals surface area contributed by atoms with E-state index < -0.39 is 30.5 Å². The van der Waals surface area contributed by atoms with Crippen molar-refractivity contribution >= 4 is 23.8 Å². The summed E-state index contributed by atoms with van der Waals surface area (Å²) in [5, 5.41) is 3.13. The summed E-state index contributed by atoms with van der Waals surface area (Å²) in [6.45, 7) is 0.0875. The molecule has 1 saturated carbocycles. The molecule has 1 saturated heterocycles. The molecular formula is C21H28N4O5. The fraction of sp³-hybridized carbons (Fsp3) is 0.524. The Bertz CT molecular complexity index is 779. The van der Waals surface area contributed by atoms with Crippen molar-refractivity contribution in [1.29, 1.82) is 0 Å². The molecule has 4 amide bonds. The van der Waals surface area contributed by atoms with Gasteiger partial charge >= 0.3 is 6.09 Å². The number of carbonyl (C=O) groups excluding carboxylic acids is 4. The van der Waals surface area contributed by atoms with Crippen molar-refractivity contribution in [2.24, 2.45) is 11.8 Å². The van der Waals surface area contributed by atoms with Crippen LogP contribution in [0.25, 0.3) is 0 Å². The zero-order valence-corrected chi connectivity index (χ0v) is 16.9. The van der Waals surface area contributed by atoms with Crippen LogP contribution in [0.3, 0.4) is 0 Å². The van der Waals surface area contributed by atoms with E-state index in [1.165, 1.54) is 4.90 Å². The molecule has 2 fully saturated rings. The van der Waals surface area contributed by atoms with Gasteiger partial charge in [-0.05, 0) is 31.2 Å². The van der Waals surface area contributed by atoms with E-state index in [1.54, 1.807) is 0 Å². The minimum absolute atomic E-state index is 0.106. The first-order chi connectivity index (χ1) is 14.5. The van der Waals surface area contributed by atoms with Crippen molar-refractivity contribution in [2.75, 3.05) is 13.1 Å². The molecule has 1 aliphatic carbocycles. The van der Waals surface area contributed by atoms with E-state index in [2.05, 4.69) is 5.32 Å². The van der Waals surface area contributed by atoms with E-state index >= 15 is 0 Å². The molecule has 1 aromatic rings. The smallest absolute Gasteiger partial charge is 0.410 e. The third kappa shape index (κ3) is 5.56. The molecule has 0 bridgehead atoms. The zero-order valence-electron chi connectivity index (χ0n) is 16.9. The molecule has 1 aromatic carbocycles. The van der Waals surface area contributed by atoms with Crippen molar-refractivity contribution in [3.63, 3.8) is 0 Å². The normalized spacial score (nSPS) is 18.8. The Morgan fingerprint density at radius 2 is 1.77 bits per heavy atom. The predicted molar refractivity (Wildman–Crippen MR) is 107 cm³/mol. The first kappa shape index (κ1) is 21.8. The van der Waals surface area contributed by atoms with Gasteiger partial charge in [-0.25, -0.2) is 10.6 Å². The number of carbonyl (C=O) groups is 4. The lowest BCUT2D eigenvalue weighted by Gasteiger charge is -2.24. The zero-order chi connectivity index (χ0) is 21.5. The van der Waals surface area contributed by atoms with Crippen molar-refractivity contribution in [3.05, 3.63) is 35.9 Å². The van der Waals surface area contributed by atoms with Gasteiger partial charge in [-0.15, -0.1) is 0 Å². The lowest BCUT2D eigenvalue weighted by Crippen LogP contribution is -2.52. The number of hydrazine groups is 1. The maximum atomic E-state index is 12.5. The molecule has 1 heterocycles. The summed E-state index contributed by atoms with van der Waals surface area (Å²) in [6.07, 6.45) is 3.98. The molecule has 9 nitrogen and oxygen atoms in total. The summed E-state index contributed by atoms with van der Waals surface area (Å²) in [6, 6.07) is 8.45. The standard InChI is InChI=1S/C21H28N4O5/c22-25(20(28)16-9-4-5-10-16)13-18(26)23-19(27)17-11-6-12-24(17)21(29)30-14-15-7-2-1-3-8-15/h1-3,7-8,16-17H,4-6,9-14,22H2,(H,23,26,27)/t17-/m0/s1. The number of amides is 4. The third-order valence-corrected chi connectivity index (χ3v) is 5.56. The molecule has 9 heteroatoms. The van der Waals surface area contributed by atoms with Crippen LogP contribution < -0.4 is 11.2 Å². The Morgan fingerprint density at radius 1 is 1.07 bits per heavy atom. The van der Waals surface area contributed by atoms with E-state index in [4.69, 9.17) is 10.6 Å². The van der Waals surface area contributed by atoms with Crippen LogP contribution in [0, 0.1) is 5.92 Å². The van der Waals surface area contributed by atoms with Crippen LogP contribution in [0.5, 0.6) is 0 Å². The van der Waals surface area contributed by atoms with Crippen LogP contribution in [0.4, 0.5) is 4.79 Å². The van der Waals surface area contributed by atoms with E-state index in [1.807, 2.05) is 30.3 Å². The summed E-state index contributed by atoms with van der Waals surface area (Å²) in [7, 11) is 0. The molecule has 0 spiro atoms. The van der Waals surface area contributed by atoms with Crippen molar-refractivity contribution < 1.29 is 23.9 Å². The number of rotatable bonds is 6. The van der Waals surface area contributed by atoms with E-state index in [-0.39, 0.29) is 18.4 Å². The topological polar surface area (TPSA) is 122 Å². The van der Waals surface area contributed by atoms with Gasteiger partial charge in [0.2, 0.25) is 17.7 Å². The Labute approximate surface area is 175 Å². The molecule has 3 rings (SSSR count). The number of nitrogens with zero attached hydrogens (tertiary/aromatic N) is 2. The van der Waals surface area contributed by atoms with Gasteiger partial charge < -0.3 is 4.74 Å². The monoisotopic (exact) mass is 416 g/mol. The molecule has 2 aliphatic rings. The van der Waals surface area contributed by atoms with Crippen LogP contribution >= 0.6 is 0 Å². The van der Waals surface area contributed by atoms with Crippen LogP contribution in [0.2, 0.25) is 0 Å². The fourth-order valence-electron chi connectivity index (χ4n) is 3.96. The number of hydrogen-bond donors (Lipinski definition) is 2. The number of imide groups is 1. The number of ether oxygens (including phenoxy) is 1. The maximum Gasteiger partial charge on any atom is 0.410 e. The fourth-order valence-corrected chi connectivity index (χ4v) is 3.96. The summed E-state index contributed by atoms with van der Waals surface area (Å²) in [4.78, 5) is 50.7. The highest BCUT2D eigenvalue weighted by atomic mass is 16.6. The largest absolute Gasteiger partial charge is 0.445 e. The molecule has 3 N–H and O–H groups in total. The molecule has 162 valence electrons. The molecule has 0 unspecified atom stereocenters. The Kier molecular flexibility index (Phi) is 7.40. The highest BCUT2D eigenvalue weighted by Gasteiger charge is 2.36. The number of hydrogen-bond acceptors (Lipinski definition) is 6. The van der Waals surface area contributed by atoms with Crippen LogP contribution in [-0.4, -0.2) is 52.9 Å². The van der Waals surface area contributed by atoms with Crippen molar-refractivity contribution in [1.82, 2.24) is 15.2 Å².